The molecule has 21 heavy (non-hydrogen) atoms. The molecule has 0 amide bonds. The summed E-state index contributed by atoms with van der Waals surface area (Å²) in [6.45, 7) is 2.32. The molecule has 1 atom stereocenters. The molecule has 0 saturated carbocycles. The van der Waals surface area contributed by atoms with Gasteiger partial charge in [-0.3, -0.25) is 0 Å². The van der Waals surface area contributed by atoms with Gasteiger partial charge >= 0.3 is 0 Å². The molecular formula is C15H15N3O2S. The molecule has 1 aromatic rings. The molecular weight excluding hydrogens is 286 g/mol. The van der Waals surface area contributed by atoms with Gasteiger partial charge < -0.3 is 0 Å². The van der Waals surface area contributed by atoms with E-state index in [0.717, 1.165) is 5.56 Å². The standard InChI is InChI=1S/C15H15N3O2S/c1-12-2-4-15(5-3-12)21(19,20)18-10-13(6-8-16)14(11-18)7-9-17/h2-6,14H,7,10-11H2,1H3/b13-6-/t14-/m1/s1. The fourth-order valence-electron chi connectivity index (χ4n) is 2.36. The minimum atomic E-state index is -3.58. The molecule has 5 nitrogen and oxygen atoms in total. The Labute approximate surface area is 124 Å². The van der Waals surface area contributed by atoms with Gasteiger partial charge in [0.05, 0.1) is 17.0 Å². The number of nitriles is 2. The Balaban J connectivity index is 2.31. The molecule has 2 rings (SSSR count). The molecule has 0 N–H and O–H groups in total. The number of allylic oxidation sites excluding steroid dienone is 1. The third kappa shape index (κ3) is 3.13. The van der Waals surface area contributed by atoms with Crippen LogP contribution in [0.1, 0.15) is 12.0 Å². The van der Waals surface area contributed by atoms with Crippen molar-refractivity contribution < 1.29 is 8.42 Å². The van der Waals surface area contributed by atoms with E-state index >= 15 is 0 Å². The summed E-state index contributed by atoms with van der Waals surface area (Å²) in [6.07, 6.45) is 1.57. The molecule has 1 aliphatic heterocycles. The van der Waals surface area contributed by atoms with Crippen molar-refractivity contribution in [3.05, 3.63) is 41.5 Å². The third-order valence-corrected chi connectivity index (χ3v) is 5.38. The molecule has 6 heteroatoms. The molecule has 0 bridgehead atoms. The highest BCUT2D eigenvalue weighted by molar-refractivity contribution is 7.89. The van der Waals surface area contributed by atoms with Crippen LogP contribution in [-0.2, 0) is 10.0 Å². The Morgan fingerprint density at radius 2 is 2.00 bits per heavy atom. The summed E-state index contributed by atoms with van der Waals surface area (Å²) in [5.74, 6) is -0.199. The van der Waals surface area contributed by atoms with E-state index in [2.05, 4.69) is 0 Å². The van der Waals surface area contributed by atoms with Gasteiger partial charge in [0, 0.05) is 31.5 Å². The average Bonchev–Trinajstić information content (AvgIpc) is 2.84. The Bertz CT molecular complexity index is 737. The zero-order valence-electron chi connectivity index (χ0n) is 11.7. The lowest BCUT2D eigenvalue weighted by atomic mass is 10.00. The van der Waals surface area contributed by atoms with Crippen LogP contribution in [0.25, 0.3) is 0 Å². The maximum absolute atomic E-state index is 12.6. The first kappa shape index (κ1) is 15.2. The van der Waals surface area contributed by atoms with Crippen molar-refractivity contribution in [2.75, 3.05) is 13.1 Å². The van der Waals surface area contributed by atoms with Crippen molar-refractivity contribution in [1.82, 2.24) is 4.31 Å². The Morgan fingerprint density at radius 1 is 1.33 bits per heavy atom. The van der Waals surface area contributed by atoms with Crippen molar-refractivity contribution in [3.8, 4) is 12.1 Å². The van der Waals surface area contributed by atoms with Gasteiger partial charge in [0.2, 0.25) is 10.0 Å². The molecule has 0 radical (unpaired) electrons. The van der Waals surface area contributed by atoms with Crippen LogP contribution in [0, 0.1) is 35.5 Å². The highest BCUT2D eigenvalue weighted by Gasteiger charge is 2.35. The van der Waals surface area contributed by atoms with Crippen LogP contribution >= 0.6 is 0 Å². The van der Waals surface area contributed by atoms with Gasteiger partial charge in [0.25, 0.3) is 0 Å². The van der Waals surface area contributed by atoms with E-state index < -0.39 is 10.0 Å². The first-order chi connectivity index (χ1) is 9.98. The Kier molecular flexibility index (Phi) is 4.42. The zero-order valence-corrected chi connectivity index (χ0v) is 12.5. The van der Waals surface area contributed by atoms with Crippen LogP contribution in [0.3, 0.4) is 0 Å². The van der Waals surface area contributed by atoms with Crippen molar-refractivity contribution in [2.45, 2.75) is 18.2 Å². The first-order valence-electron chi connectivity index (χ1n) is 6.51. The van der Waals surface area contributed by atoms with Crippen molar-refractivity contribution in [1.29, 1.82) is 10.5 Å². The van der Waals surface area contributed by atoms with Crippen LogP contribution < -0.4 is 0 Å². The normalized spacial score (nSPS) is 21.1. The monoisotopic (exact) mass is 301 g/mol. The van der Waals surface area contributed by atoms with Crippen LogP contribution in [0.15, 0.2) is 40.8 Å². The van der Waals surface area contributed by atoms with E-state index in [4.69, 9.17) is 10.5 Å². The van der Waals surface area contributed by atoms with Gasteiger partial charge in [-0.25, -0.2) is 8.42 Å². The topological polar surface area (TPSA) is 85.0 Å². The maximum atomic E-state index is 12.6. The first-order valence-corrected chi connectivity index (χ1v) is 7.95. The summed E-state index contributed by atoms with van der Waals surface area (Å²) in [5, 5.41) is 17.6. The van der Waals surface area contributed by atoms with E-state index in [-0.39, 0.29) is 30.3 Å². The van der Waals surface area contributed by atoms with Crippen molar-refractivity contribution >= 4 is 10.0 Å². The third-order valence-electron chi connectivity index (χ3n) is 3.55. The van der Waals surface area contributed by atoms with E-state index in [0.29, 0.717) is 5.57 Å². The summed E-state index contributed by atoms with van der Waals surface area (Å²) in [4.78, 5) is 0.238. The molecule has 1 aliphatic rings. The lowest BCUT2D eigenvalue weighted by Crippen LogP contribution is -2.28. The summed E-state index contributed by atoms with van der Waals surface area (Å²) in [6, 6.07) is 10.6. The summed E-state index contributed by atoms with van der Waals surface area (Å²) in [7, 11) is -3.58. The number of hydrogen-bond acceptors (Lipinski definition) is 4. The fraction of sp³-hybridized carbons (Fsp3) is 0.333. The molecule has 0 spiro atoms. The molecule has 1 fully saturated rings. The summed E-state index contributed by atoms with van der Waals surface area (Å²) >= 11 is 0. The fourth-order valence-corrected chi connectivity index (χ4v) is 3.83. The number of aryl methyl sites for hydroxylation is 1. The van der Waals surface area contributed by atoms with Crippen molar-refractivity contribution in [3.63, 3.8) is 0 Å². The Hall–Kier alpha value is -2.15. The highest BCUT2D eigenvalue weighted by Crippen LogP contribution is 2.30. The van der Waals surface area contributed by atoms with Gasteiger partial charge in [0.15, 0.2) is 0 Å². The van der Waals surface area contributed by atoms with E-state index in [1.54, 1.807) is 24.3 Å². The van der Waals surface area contributed by atoms with E-state index in [1.165, 1.54) is 10.4 Å². The molecule has 1 saturated heterocycles. The number of nitrogens with zero attached hydrogens (tertiary/aromatic N) is 3. The second-order valence-corrected chi connectivity index (χ2v) is 6.96. The number of hydrogen-bond donors (Lipinski definition) is 0. The minimum absolute atomic E-state index is 0.177. The van der Waals surface area contributed by atoms with Gasteiger partial charge in [0.1, 0.15) is 0 Å². The average molecular weight is 301 g/mol. The largest absolute Gasteiger partial charge is 0.243 e. The van der Waals surface area contributed by atoms with Crippen LogP contribution in [0.4, 0.5) is 0 Å². The van der Waals surface area contributed by atoms with Gasteiger partial charge in [-0.2, -0.15) is 14.8 Å². The maximum Gasteiger partial charge on any atom is 0.243 e. The molecule has 1 heterocycles. The Morgan fingerprint density at radius 3 is 2.57 bits per heavy atom. The van der Waals surface area contributed by atoms with Crippen LogP contribution in [0.2, 0.25) is 0 Å². The second-order valence-electron chi connectivity index (χ2n) is 5.02. The smallest absolute Gasteiger partial charge is 0.207 e. The van der Waals surface area contributed by atoms with Gasteiger partial charge in [-0.15, -0.1) is 0 Å². The molecule has 0 aliphatic carbocycles. The number of benzene rings is 1. The van der Waals surface area contributed by atoms with E-state index in [9.17, 15) is 8.42 Å². The highest BCUT2D eigenvalue weighted by atomic mass is 32.2. The lowest BCUT2D eigenvalue weighted by molar-refractivity contribution is 0.459. The minimum Gasteiger partial charge on any atom is -0.207 e. The zero-order chi connectivity index (χ0) is 15.5. The molecule has 108 valence electrons. The van der Waals surface area contributed by atoms with Crippen LogP contribution in [0.5, 0.6) is 0 Å². The summed E-state index contributed by atoms with van der Waals surface area (Å²) < 4.78 is 26.5. The predicted molar refractivity (Wildman–Crippen MR) is 77.4 cm³/mol. The van der Waals surface area contributed by atoms with Crippen LogP contribution in [-0.4, -0.2) is 25.8 Å². The summed E-state index contributed by atoms with van der Waals surface area (Å²) in [5.41, 5.74) is 1.69. The molecule has 1 aromatic carbocycles. The van der Waals surface area contributed by atoms with Crippen molar-refractivity contribution in [2.24, 2.45) is 5.92 Å². The number of rotatable bonds is 3. The van der Waals surface area contributed by atoms with E-state index in [1.807, 2.05) is 19.1 Å². The van der Waals surface area contributed by atoms with Gasteiger partial charge in [-0.1, -0.05) is 17.7 Å². The molecule has 0 aromatic heterocycles. The quantitative estimate of drug-likeness (QED) is 0.799. The molecule has 0 unspecified atom stereocenters. The predicted octanol–water partition coefficient (Wildman–Crippen LogP) is 1.98. The second kappa shape index (κ2) is 6.09. The lowest BCUT2D eigenvalue weighted by Gasteiger charge is -2.15. The van der Waals surface area contributed by atoms with Gasteiger partial charge in [-0.05, 0) is 24.6 Å². The number of sulfonamides is 1. The SMILES string of the molecule is Cc1ccc(S(=O)(=O)N2C/C(=C/C#N)[C@H](CC#N)C2)cc1.